The maximum absolute atomic E-state index is 6.13. The van der Waals surface area contributed by atoms with Gasteiger partial charge < -0.3 is 4.74 Å². The molecular weight excluding hydrogens is 232 g/mol. The summed E-state index contributed by atoms with van der Waals surface area (Å²) in [6.07, 6.45) is 0.222. The van der Waals surface area contributed by atoms with Gasteiger partial charge in [-0.3, -0.25) is 0 Å². The highest BCUT2D eigenvalue weighted by Crippen LogP contribution is 2.38. The molecule has 0 aliphatic rings. The molecule has 0 saturated heterocycles. The quantitative estimate of drug-likeness (QED) is 0.647. The Balaban J connectivity index is 3.46. The third-order valence-electron chi connectivity index (χ3n) is 3.43. The molecule has 1 nitrogen and oxygen atoms in total. The number of rotatable bonds is 5. The van der Waals surface area contributed by atoms with Crippen LogP contribution in [0.15, 0.2) is 12.1 Å². The second-order valence-corrected chi connectivity index (χ2v) is 6.66. The zero-order valence-electron chi connectivity index (χ0n) is 13.9. The van der Waals surface area contributed by atoms with Crippen molar-refractivity contribution in [3.63, 3.8) is 0 Å². The van der Waals surface area contributed by atoms with Crippen LogP contribution in [0, 0.1) is 0 Å². The van der Waals surface area contributed by atoms with Crippen LogP contribution in [0.2, 0.25) is 0 Å². The monoisotopic (exact) mass is 262 g/mol. The molecule has 1 rings (SSSR count). The van der Waals surface area contributed by atoms with Crippen molar-refractivity contribution >= 4 is 0 Å². The summed E-state index contributed by atoms with van der Waals surface area (Å²) in [6, 6.07) is 4.66. The Morgan fingerprint density at radius 2 is 1.11 bits per heavy atom. The third-order valence-corrected chi connectivity index (χ3v) is 3.43. The van der Waals surface area contributed by atoms with Crippen LogP contribution >= 0.6 is 0 Å². The molecule has 0 radical (unpaired) electrons. The Hall–Kier alpha value is -0.980. The van der Waals surface area contributed by atoms with Crippen LogP contribution in [0.3, 0.4) is 0 Å². The van der Waals surface area contributed by atoms with Gasteiger partial charge in [0.1, 0.15) is 5.75 Å². The first kappa shape index (κ1) is 16.1. The van der Waals surface area contributed by atoms with Crippen molar-refractivity contribution < 1.29 is 4.74 Å². The maximum atomic E-state index is 6.13. The summed E-state index contributed by atoms with van der Waals surface area (Å²) in [5, 5.41) is 0. The number of ether oxygens (including phenoxy) is 1. The molecule has 0 N–H and O–H groups in total. The molecule has 0 aromatic heterocycles. The largest absolute Gasteiger partial charge is 0.490 e. The minimum Gasteiger partial charge on any atom is -0.490 e. The van der Waals surface area contributed by atoms with E-state index >= 15 is 0 Å². The zero-order valence-corrected chi connectivity index (χ0v) is 13.9. The van der Waals surface area contributed by atoms with Gasteiger partial charge in [-0.25, -0.2) is 0 Å². The zero-order chi connectivity index (χ0) is 14.7. The molecule has 0 saturated carbocycles. The maximum Gasteiger partial charge on any atom is 0.126 e. The number of hydrogen-bond donors (Lipinski definition) is 0. The van der Waals surface area contributed by atoms with Crippen LogP contribution in [0.1, 0.15) is 89.8 Å². The summed E-state index contributed by atoms with van der Waals surface area (Å²) in [6.45, 7) is 17.7. The van der Waals surface area contributed by atoms with E-state index in [1.807, 2.05) is 0 Å². The molecule has 0 amide bonds. The van der Waals surface area contributed by atoms with Gasteiger partial charge in [-0.15, -0.1) is 0 Å². The van der Waals surface area contributed by atoms with E-state index in [-0.39, 0.29) is 6.10 Å². The lowest BCUT2D eigenvalue weighted by Gasteiger charge is -2.24. The van der Waals surface area contributed by atoms with Crippen molar-refractivity contribution in [2.24, 2.45) is 0 Å². The fraction of sp³-hybridized carbons (Fsp3) is 0.667. The van der Waals surface area contributed by atoms with Gasteiger partial charge >= 0.3 is 0 Å². The van der Waals surface area contributed by atoms with Crippen molar-refractivity contribution in [1.82, 2.24) is 0 Å². The predicted octanol–water partition coefficient (Wildman–Crippen LogP) is 5.84. The predicted molar refractivity (Wildman–Crippen MR) is 84.5 cm³/mol. The van der Waals surface area contributed by atoms with Crippen LogP contribution < -0.4 is 4.74 Å². The average molecular weight is 262 g/mol. The molecule has 1 aromatic rings. The van der Waals surface area contributed by atoms with E-state index in [1.54, 1.807) is 0 Å². The molecular formula is C18H30O. The summed E-state index contributed by atoms with van der Waals surface area (Å²) in [5.41, 5.74) is 4.12. The minimum atomic E-state index is 0.222. The summed E-state index contributed by atoms with van der Waals surface area (Å²) in [7, 11) is 0. The Bertz CT molecular complexity index is 385. The standard InChI is InChI=1S/C18H30O/c1-11(2)15-9-16(12(3)4)18(19-14(7)8)17(10-15)13(5)6/h9-14H,1-8H3. The fourth-order valence-electron chi connectivity index (χ4n) is 2.26. The van der Waals surface area contributed by atoms with E-state index < -0.39 is 0 Å². The highest BCUT2D eigenvalue weighted by Gasteiger charge is 2.19. The lowest BCUT2D eigenvalue weighted by molar-refractivity contribution is 0.236. The number of benzene rings is 1. The molecule has 0 fully saturated rings. The van der Waals surface area contributed by atoms with E-state index in [0.717, 1.165) is 5.75 Å². The van der Waals surface area contributed by atoms with Crippen molar-refractivity contribution in [3.8, 4) is 5.75 Å². The van der Waals surface area contributed by atoms with Gasteiger partial charge in [-0.2, -0.15) is 0 Å². The third kappa shape index (κ3) is 3.99. The van der Waals surface area contributed by atoms with E-state index in [2.05, 4.69) is 67.5 Å². The Labute approximate surface area is 119 Å². The molecule has 108 valence electrons. The average Bonchev–Trinajstić information content (AvgIpc) is 2.27. The molecule has 19 heavy (non-hydrogen) atoms. The van der Waals surface area contributed by atoms with Crippen molar-refractivity contribution in [1.29, 1.82) is 0 Å². The highest BCUT2D eigenvalue weighted by atomic mass is 16.5. The first-order valence-corrected chi connectivity index (χ1v) is 7.58. The smallest absolute Gasteiger partial charge is 0.126 e. The van der Waals surface area contributed by atoms with Gasteiger partial charge in [0.15, 0.2) is 0 Å². The van der Waals surface area contributed by atoms with Crippen LogP contribution in [0.25, 0.3) is 0 Å². The van der Waals surface area contributed by atoms with E-state index in [1.165, 1.54) is 16.7 Å². The number of hydrogen-bond acceptors (Lipinski definition) is 1. The van der Waals surface area contributed by atoms with E-state index in [9.17, 15) is 0 Å². The molecule has 1 aromatic carbocycles. The first-order valence-electron chi connectivity index (χ1n) is 7.58. The van der Waals surface area contributed by atoms with Crippen LogP contribution in [-0.4, -0.2) is 6.10 Å². The van der Waals surface area contributed by atoms with Gasteiger partial charge in [0.25, 0.3) is 0 Å². The molecule has 0 aliphatic carbocycles. The van der Waals surface area contributed by atoms with Crippen LogP contribution in [-0.2, 0) is 0 Å². The molecule has 0 heterocycles. The van der Waals surface area contributed by atoms with E-state index in [4.69, 9.17) is 4.74 Å². The van der Waals surface area contributed by atoms with Gasteiger partial charge in [0, 0.05) is 0 Å². The van der Waals surface area contributed by atoms with E-state index in [0.29, 0.717) is 17.8 Å². The SMILES string of the molecule is CC(C)Oc1c(C(C)C)cc(C(C)C)cc1C(C)C. The molecule has 0 spiro atoms. The molecule has 0 unspecified atom stereocenters. The van der Waals surface area contributed by atoms with Gasteiger partial charge in [0.05, 0.1) is 6.10 Å². The Kier molecular flexibility index (Phi) is 5.46. The molecule has 0 atom stereocenters. The topological polar surface area (TPSA) is 9.23 Å². The van der Waals surface area contributed by atoms with Crippen molar-refractivity contribution in [2.75, 3.05) is 0 Å². The van der Waals surface area contributed by atoms with Gasteiger partial charge in [-0.05, 0) is 48.3 Å². The Morgan fingerprint density at radius 1 is 0.684 bits per heavy atom. The van der Waals surface area contributed by atoms with Crippen LogP contribution in [0.4, 0.5) is 0 Å². The Morgan fingerprint density at radius 3 is 1.37 bits per heavy atom. The van der Waals surface area contributed by atoms with Crippen molar-refractivity contribution in [3.05, 3.63) is 28.8 Å². The van der Waals surface area contributed by atoms with Gasteiger partial charge in [-0.1, -0.05) is 53.7 Å². The summed E-state index contributed by atoms with van der Waals surface area (Å²) < 4.78 is 6.13. The lowest BCUT2D eigenvalue weighted by atomic mass is 9.88. The van der Waals surface area contributed by atoms with Gasteiger partial charge in [0.2, 0.25) is 0 Å². The lowest BCUT2D eigenvalue weighted by Crippen LogP contribution is -2.12. The summed E-state index contributed by atoms with van der Waals surface area (Å²) in [5.74, 6) is 2.65. The second-order valence-electron chi connectivity index (χ2n) is 6.66. The molecule has 0 aliphatic heterocycles. The highest BCUT2D eigenvalue weighted by molar-refractivity contribution is 5.48. The summed E-state index contributed by atoms with van der Waals surface area (Å²) in [4.78, 5) is 0. The molecule has 0 bridgehead atoms. The molecule has 1 heteroatoms. The fourth-order valence-corrected chi connectivity index (χ4v) is 2.26. The van der Waals surface area contributed by atoms with Crippen LogP contribution in [0.5, 0.6) is 5.75 Å². The second kappa shape index (κ2) is 6.45. The van der Waals surface area contributed by atoms with Crippen molar-refractivity contribution in [2.45, 2.75) is 79.2 Å². The normalized spacial score (nSPS) is 12.0. The summed E-state index contributed by atoms with van der Waals surface area (Å²) >= 11 is 0. The minimum absolute atomic E-state index is 0.222. The first-order chi connectivity index (χ1) is 8.73.